The highest BCUT2D eigenvalue weighted by Crippen LogP contribution is 2.45. The third-order valence-electron chi connectivity index (χ3n) is 3.81. The normalized spacial score (nSPS) is 24.7. The average molecular weight is 284 g/mol. The van der Waals surface area contributed by atoms with Crippen molar-refractivity contribution in [3.8, 4) is 0 Å². The third kappa shape index (κ3) is 2.60. The predicted octanol–water partition coefficient (Wildman–Crippen LogP) is 3.48. The smallest absolute Gasteiger partial charge is 0.304 e. The van der Waals surface area contributed by atoms with Crippen LogP contribution in [-0.2, 0) is 0 Å². The fourth-order valence-electron chi connectivity index (χ4n) is 2.75. The molecule has 5 nitrogen and oxygen atoms in total. The number of nitrogens with zero attached hydrogens (tertiary/aromatic N) is 2. The maximum absolute atomic E-state index is 11.2. The van der Waals surface area contributed by atoms with E-state index in [4.69, 9.17) is 0 Å². The Morgan fingerprint density at radius 1 is 1.63 bits per heavy atom. The molecule has 1 N–H and O–H groups in total. The van der Waals surface area contributed by atoms with Gasteiger partial charge in [-0.1, -0.05) is 6.92 Å². The van der Waals surface area contributed by atoms with Crippen LogP contribution in [0.4, 0.5) is 10.7 Å². The Labute approximate surface area is 117 Å². The molecule has 0 bridgehead atoms. The van der Waals surface area contributed by atoms with Crippen molar-refractivity contribution in [1.82, 2.24) is 0 Å². The predicted molar refractivity (Wildman–Crippen MR) is 76.9 cm³/mol. The van der Waals surface area contributed by atoms with E-state index in [-0.39, 0.29) is 10.6 Å². The second kappa shape index (κ2) is 5.46. The molecule has 0 saturated carbocycles. The van der Waals surface area contributed by atoms with Crippen molar-refractivity contribution in [2.45, 2.75) is 58.2 Å². The summed E-state index contributed by atoms with van der Waals surface area (Å²) in [7, 11) is 0. The maximum atomic E-state index is 11.2. The molecule has 19 heavy (non-hydrogen) atoms. The van der Waals surface area contributed by atoms with Crippen molar-refractivity contribution in [3.05, 3.63) is 21.1 Å². The number of aliphatic hydroxyl groups excluding tert-OH is 1. The number of nitro groups is 1. The lowest BCUT2D eigenvalue weighted by Gasteiger charge is -2.28. The molecule has 0 radical (unpaired) electrons. The zero-order valence-electron chi connectivity index (χ0n) is 11.5. The van der Waals surface area contributed by atoms with Crippen LogP contribution in [0.15, 0.2) is 6.07 Å². The van der Waals surface area contributed by atoms with Gasteiger partial charge in [0.25, 0.3) is 0 Å². The van der Waals surface area contributed by atoms with Gasteiger partial charge in [0.05, 0.1) is 11.0 Å². The van der Waals surface area contributed by atoms with E-state index < -0.39 is 6.10 Å². The summed E-state index contributed by atoms with van der Waals surface area (Å²) in [4.78, 5) is 13.7. The molecule has 2 heterocycles. The number of hydrogen-bond donors (Lipinski definition) is 1. The lowest BCUT2D eigenvalue weighted by atomic mass is 10.1. The minimum absolute atomic E-state index is 0.133. The molecule has 6 heteroatoms. The SMILES string of the molecule is CCC1CCC(C)N1c1sc([C@@H](C)O)cc1[N+](=O)[O-]. The first-order valence-electron chi connectivity index (χ1n) is 6.70. The van der Waals surface area contributed by atoms with Crippen LogP contribution in [0.1, 0.15) is 51.0 Å². The Balaban J connectivity index is 2.44. The molecule has 0 aromatic carbocycles. The van der Waals surface area contributed by atoms with Gasteiger partial charge in [0.2, 0.25) is 0 Å². The van der Waals surface area contributed by atoms with E-state index in [1.165, 1.54) is 17.4 Å². The molecule has 2 rings (SSSR count). The van der Waals surface area contributed by atoms with Crippen molar-refractivity contribution in [3.63, 3.8) is 0 Å². The van der Waals surface area contributed by atoms with Crippen molar-refractivity contribution < 1.29 is 10.0 Å². The van der Waals surface area contributed by atoms with Crippen LogP contribution in [0.25, 0.3) is 0 Å². The number of thiophene rings is 1. The van der Waals surface area contributed by atoms with Crippen LogP contribution >= 0.6 is 11.3 Å². The molecular weight excluding hydrogens is 264 g/mol. The Bertz CT molecular complexity index is 472. The molecule has 0 aliphatic carbocycles. The first-order valence-corrected chi connectivity index (χ1v) is 7.51. The minimum Gasteiger partial charge on any atom is -0.388 e. The zero-order chi connectivity index (χ0) is 14.2. The summed E-state index contributed by atoms with van der Waals surface area (Å²) in [5.74, 6) is 0. The molecule has 1 aromatic heterocycles. The summed E-state index contributed by atoms with van der Waals surface area (Å²) < 4.78 is 0. The van der Waals surface area contributed by atoms with E-state index in [1.54, 1.807) is 6.92 Å². The minimum atomic E-state index is -0.657. The van der Waals surface area contributed by atoms with E-state index in [9.17, 15) is 15.2 Å². The van der Waals surface area contributed by atoms with Gasteiger partial charge in [-0.3, -0.25) is 10.1 Å². The Morgan fingerprint density at radius 3 is 2.84 bits per heavy atom. The van der Waals surface area contributed by atoms with E-state index in [0.29, 0.717) is 22.0 Å². The maximum Gasteiger partial charge on any atom is 0.304 e. The highest BCUT2D eigenvalue weighted by Gasteiger charge is 2.35. The van der Waals surface area contributed by atoms with Crippen LogP contribution in [0.3, 0.4) is 0 Å². The molecule has 3 atom stereocenters. The molecule has 106 valence electrons. The Hall–Kier alpha value is -1.14. The van der Waals surface area contributed by atoms with Crippen molar-refractivity contribution in [2.75, 3.05) is 4.90 Å². The lowest BCUT2D eigenvalue weighted by Crippen LogP contribution is -2.33. The zero-order valence-corrected chi connectivity index (χ0v) is 12.3. The summed E-state index contributed by atoms with van der Waals surface area (Å²) in [6, 6.07) is 2.21. The van der Waals surface area contributed by atoms with Crippen molar-refractivity contribution >= 4 is 22.0 Å². The topological polar surface area (TPSA) is 66.6 Å². The lowest BCUT2D eigenvalue weighted by molar-refractivity contribution is -0.383. The molecule has 2 unspecified atom stereocenters. The molecule has 0 spiro atoms. The molecule has 1 aliphatic rings. The largest absolute Gasteiger partial charge is 0.388 e. The van der Waals surface area contributed by atoms with Gasteiger partial charge in [0.1, 0.15) is 0 Å². The first-order chi connectivity index (χ1) is 8.95. The highest BCUT2D eigenvalue weighted by molar-refractivity contribution is 7.16. The Morgan fingerprint density at radius 2 is 2.32 bits per heavy atom. The van der Waals surface area contributed by atoms with Crippen LogP contribution in [0.5, 0.6) is 0 Å². The van der Waals surface area contributed by atoms with Crippen LogP contribution in [-0.4, -0.2) is 22.1 Å². The quantitative estimate of drug-likeness (QED) is 0.679. The van der Waals surface area contributed by atoms with Gasteiger partial charge in [0.15, 0.2) is 5.00 Å². The molecule has 1 fully saturated rings. The van der Waals surface area contributed by atoms with Crippen molar-refractivity contribution in [2.24, 2.45) is 0 Å². The molecule has 0 amide bonds. The summed E-state index contributed by atoms with van der Waals surface area (Å²) >= 11 is 1.35. The Kier molecular flexibility index (Phi) is 4.10. The molecule has 1 aliphatic heterocycles. The van der Waals surface area contributed by atoms with Gasteiger partial charge in [-0.2, -0.15) is 0 Å². The second-order valence-corrected chi connectivity index (χ2v) is 6.23. The van der Waals surface area contributed by atoms with E-state index in [2.05, 4.69) is 18.7 Å². The van der Waals surface area contributed by atoms with Gasteiger partial charge in [-0.15, -0.1) is 11.3 Å². The first kappa shape index (κ1) is 14.3. The standard InChI is InChI=1S/C13H20N2O3S/c1-4-10-6-5-8(2)14(10)13-11(15(17)18)7-12(19-13)9(3)16/h7-10,16H,4-6H2,1-3H3/t8?,9-,10?/m1/s1. The van der Waals surface area contributed by atoms with Gasteiger partial charge in [0, 0.05) is 23.0 Å². The number of aliphatic hydroxyl groups is 1. The van der Waals surface area contributed by atoms with E-state index in [0.717, 1.165) is 19.3 Å². The fourth-order valence-corrected chi connectivity index (χ4v) is 3.99. The van der Waals surface area contributed by atoms with Gasteiger partial charge >= 0.3 is 5.69 Å². The van der Waals surface area contributed by atoms with Crippen LogP contribution in [0, 0.1) is 10.1 Å². The number of anilines is 1. The van der Waals surface area contributed by atoms with Gasteiger partial charge < -0.3 is 10.0 Å². The molecular formula is C13H20N2O3S. The van der Waals surface area contributed by atoms with Crippen LogP contribution in [0.2, 0.25) is 0 Å². The summed E-state index contributed by atoms with van der Waals surface area (Å²) in [6.07, 6.45) is 2.48. The monoisotopic (exact) mass is 284 g/mol. The van der Waals surface area contributed by atoms with E-state index in [1.807, 2.05) is 0 Å². The molecule has 1 saturated heterocycles. The highest BCUT2D eigenvalue weighted by atomic mass is 32.1. The van der Waals surface area contributed by atoms with Crippen LogP contribution < -0.4 is 4.90 Å². The number of rotatable bonds is 4. The average Bonchev–Trinajstić information content (AvgIpc) is 2.91. The summed E-state index contributed by atoms with van der Waals surface area (Å²) in [5.41, 5.74) is 0.133. The second-order valence-electron chi connectivity index (χ2n) is 5.17. The number of hydrogen-bond acceptors (Lipinski definition) is 5. The van der Waals surface area contributed by atoms with Crippen molar-refractivity contribution in [1.29, 1.82) is 0 Å². The van der Waals surface area contributed by atoms with Gasteiger partial charge in [-0.25, -0.2) is 0 Å². The summed E-state index contributed by atoms with van der Waals surface area (Å²) in [5, 5.41) is 21.6. The summed E-state index contributed by atoms with van der Waals surface area (Å²) in [6.45, 7) is 5.87. The van der Waals surface area contributed by atoms with Gasteiger partial charge in [-0.05, 0) is 33.1 Å². The molecule has 1 aromatic rings. The fraction of sp³-hybridized carbons (Fsp3) is 0.692. The van der Waals surface area contributed by atoms with E-state index >= 15 is 0 Å². The third-order valence-corrected chi connectivity index (χ3v) is 5.12.